The lowest BCUT2D eigenvalue weighted by atomic mass is 9.98. The quantitative estimate of drug-likeness (QED) is 0.389. The molecule has 0 aliphatic carbocycles. The normalized spacial score (nSPS) is 11.3. The molecule has 4 nitrogen and oxygen atoms in total. The number of allylic oxidation sites excluding steroid dienone is 1. The van der Waals surface area contributed by atoms with Crippen molar-refractivity contribution in [1.82, 2.24) is 4.90 Å². The molecule has 0 amide bonds. The van der Waals surface area contributed by atoms with Gasteiger partial charge in [-0.2, -0.15) is 0 Å². The van der Waals surface area contributed by atoms with E-state index in [2.05, 4.69) is 36.9 Å². The maximum atomic E-state index is 12.6. The number of carbonyl (C=O) groups is 1. The van der Waals surface area contributed by atoms with Crippen LogP contribution in [-0.2, 0) is 0 Å². The average molecular weight is 416 g/mol. The van der Waals surface area contributed by atoms with Gasteiger partial charge >= 0.3 is 0 Å². The van der Waals surface area contributed by atoms with Crippen LogP contribution in [0.2, 0.25) is 0 Å². The molecule has 0 unspecified atom stereocenters. The SMILES string of the molecule is Cc1cc(C)cc(-c2ccc(OCCN(C)C)c(C=CC(=O)c3cccc(O)c3)c2)c1. The minimum Gasteiger partial charge on any atom is -0.508 e. The molecule has 0 bridgehead atoms. The zero-order valence-corrected chi connectivity index (χ0v) is 18.6. The van der Waals surface area contributed by atoms with E-state index in [0.29, 0.717) is 12.2 Å². The van der Waals surface area contributed by atoms with Crippen molar-refractivity contribution in [3.05, 3.63) is 89.0 Å². The highest BCUT2D eigenvalue weighted by molar-refractivity contribution is 6.07. The molecule has 0 aliphatic rings. The fourth-order valence-corrected chi connectivity index (χ4v) is 3.39. The van der Waals surface area contributed by atoms with Gasteiger partial charge in [0.2, 0.25) is 0 Å². The lowest BCUT2D eigenvalue weighted by Gasteiger charge is -2.14. The Morgan fingerprint density at radius 1 is 0.968 bits per heavy atom. The summed E-state index contributed by atoms with van der Waals surface area (Å²) in [5.74, 6) is 0.630. The molecule has 0 aliphatic heterocycles. The highest BCUT2D eigenvalue weighted by Gasteiger charge is 2.08. The number of ketones is 1. The Kier molecular flexibility index (Phi) is 7.27. The van der Waals surface area contributed by atoms with E-state index >= 15 is 0 Å². The van der Waals surface area contributed by atoms with Crippen molar-refractivity contribution >= 4 is 11.9 Å². The number of phenols is 1. The molecule has 1 N–H and O–H groups in total. The summed E-state index contributed by atoms with van der Waals surface area (Å²) in [5, 5.41) is 9.64. The van der Waals surface area contributed by atoms with E-state index in [9.17, 15) is 9.90 Å². The van der Waals surface area contributed by atoms with Gasteiger partial charge in [-0.05, 0) is 75.5 Å². The second-order valence-electron chi connectivity index (χ2n) is 8.03. The van der Waals surface area contributed by atoms with Crippen LogP contribution in [0.3, 0.4) is 0 Å². The molecule has 0 fully saturated rings. The van der Waals surface area contributed by atoms with Crippen LogP contribution in [0.4, 0.5) is 0 Å². The maximum absolute atomic E-state index is 12.6. The Labute approximate surface area is 184 Å². The summed E-state index contributed by atoms with van der Waals surface area (Å²) in [7, 11) is 4.00. The van der Waals surface area contributed by atoms with Crippen LogP contribution in [0.15, 0.2) is 66.7 Å². The Bertz CT molecular complexity index is 1080. The van der Waals surface area contributed by atoms with E-state index < -0.39 is 0 Å². The number of nitrogens with zero attached hydrogens (tertiary/aromatic N) is 1. The first kappa shape index (κ1) is 22.3. The fraction of sp³-hybridized carbons (Fsp3) is 0.222. The molecular formula is C27H29NO3. The lowest BCUT2D eigenvalue weighted by Crippen LogP contribution is -2.19. The van der Waals surface area contributed by atoms with Gasteiger partial charge in [0.15, 0.2) is 5.78 Å². The number of aromatic hydroxyl groups is 1. The number of carbonyl (C=O) groups excluding carboxylic acids is 1. The van der Waals surface area contributed by atoms with E-state index in [0.717, 1.165) is 29.0 Å². The molecule has 0 heterocycles. The first-order chi connectivity index (χ1) is 14.8. The van der Waals surface area contributed by atoms with Gasteiger partial charge < -0.3 is 14.7 Å². The van der Waals surface area contributed by atoms with Crippen LogP contribution >= 0.6 is 0 Å². The Balaban J connectivity index is 1.94. The van der Waals surface area contributed by atoms with E-state index in [4.69, 9.17) is 4.74 Å². The highest BCUT2D eigenvalue weighted by atomic mass is 16.5. The summed E-state index contributed by atoms with van der Waals surface area (Å²) in [6.45, 7) is 5.52. The van der Waals surface area contributed by atoms with Crippen molar-refractivity contribution in [2.75, 3.05) is 27.2 Å². The van der Waals surface area contributed by atoms with Gasteiger partial charge in [-0.15, -0.1) is 0 Å². The number of hydrogen-bond donors (Lipinski definition) is 1. The second kappa shape index (κ2) is 10.1. The first-order valence-corrected chi connectivity index (χ1v) is 10.3. The number of hydrogen-bond acceptors (Lipinski definition) is 4. The predicted molar refractivity (Wildman–Crippen MR) is 127 cm³/mol. The number of likely N-dealkylation sites (N-methyl/N-ethyl adjacent to an activating group) is 1. The highest BCUT2D eigenvalue weighted by Crippen LogP contribution is 2.29. The van der Waals surface area contributed by atoms with Crippen molar-refractivity contribution in [3.63, 3.8) is 0 Å². The fourth-order valence-electron chi connectivity index (χ4n) is 3.39. The second-order valence-corrected chi connectivity index (χ2v) is 8.03. The van der Waals surface area contributed by atoms with Crippen LogP contribution in [0.25, 0.3) is 17.2 Å². The van der Waals surface area contributed by atoms with Crippen molar-refractivity contribution in [2.45, 2.75) is 13.8 Å². The largest absolute Gasteiger partial charge is 0.508 e. The Morgan fingerprint density at radius 2 is 1.71 bits per heavy atom. The van der Waals surface area contributed by atoms with Crippen molar-refractivity contribution < 1.29 is 14.6 Å². The number of rotatable bonds is 8. The first-order valence-electron chi connectivity index (χ1n) is 10.3. The molecule has 0 aromatic heterocycles. The molecule has 0 spiro atoms. The molecular weight excluding hydrogens is 386 g/mol. The van der Waals surface area contributed by atoms with Gasteiger partial charge in [0.05, 0.1) is 0 Å². The van der Waals surface area contributed by atoms with Gasteiger partial charge in [-0.1, -0.05) is 47.5 Å². The van der Waals surface area contributed by atoms with Gasteiger partial charge in [0.1, 0.15) is 18.1 Å². The van der Waals surface area contributed by atoms with E-state index in [1.54, 1.807) is 24.3 Å². The van der Waals surface area contributed by atoms with Gasteiger partial charge in [-0.3, -0.25) is 4.79 Å². The zero-order chi connectivity index (χ0) is 22.4. The molecule has 0 atom stereocenters. The van der Waals surface area contributed by atoms with Crippen LogP contribution in [0.1, 0.15) is 27.0 Å². The standard InChI is InChI=1S/C27H29NO3/c1-19-14-20(2)16-24(15-19)21-9-11-27(31-13-12-28(3)4)23(17-21)8-10-26(30)22-6-5-7-25(29)18-22/h5-11,14-18,29H,12-13H2,1-4H3. The Morgan fingerprint density at radius 3 is 2.39 bits per heavy atom. The smallest absolute Gasteiger partial charge is 0.185 e. The van der Waals surface area contributed by atoms with Crippen LogP contribution < -0.4 is 4.74 Å². The minimum atomic E-state index is -0.174. The van der Waals surface area contributed by atoms with Crippen LogP contribution in [0, 0.1) is 13.8 Å². The molecule has 0 saturated heterocycles. The third-order valence-corrected chi connectivity index (χ3v) is 4.91. The molecule has 3 aromatic carbocycles. The summed E-state index contributed by atoms with van der Waals surface area (Å²) in [6, 6.07) is 18.9. The molecule has 0 radical (unpaired) electrons. The molecule has 4 heteroatoms. The van der Waals surface area contributed by atoms with Gasteiger partial charge in [-0.25, -0.2) is 0 Å². The van der Waals surface area contributed by atoms with Crippen LogP contribution in [-0.4, -0.2) is 43.0 Å². The molecule has 3 aromatic rings. The van der Waals surface area contributed by atoms with E-state index in [1.807, 2.05) is 32.3 Å². The van der Waals surface area contributed by atoms with Gasteiger partial charge in [0.25, 0.3) is 0 Å². The van der Waals surface area contributed by atoms with E-state index in [1.165, 1.54) is 23.3 Å². The molecule has 0 saturated carbocycles. The van der Waals surface area contributed by atoms with Gasteiger partial charge in [0, 0.05) is 17.7 Å². The van der Waals surface area contributed by atoms with Crippen molar-refractivity contribution in [2.24, 2.45) is 0 Å². The summed E-state index contributed by atoms with van der Waals surface area (Å²) in [6.07, 6.45) is 3.30. The number of phenolic OH excluding ortho intramolecular Hbond substituents is 1. The topological polar surface area (TPSA) is 49.8 Å². The minimum absolute atomic E-state index is 0.0729. The average Bonchev–Trinajstić information content (AvgIpc) is 2.71. The summed E-state index contributed by atoms with van der Waals surface area (Å²) >= 11 is 0. The van der Waals surface area contributed by atoms with Crippen LogP contribution in [0.5, 0.6) is 11.5 Å². The number of ether oxygens (including phenoxy) is 1. The number of benzene rings is 3. The lowest BCUT2D eigenvalue weighted by molar-refractivity contribution is 0.104. The Hall–Kier alpha value is -3.37. The molecule has 31 heavy (non-hydrogen) atoms. The predicted octanol–water partition coefficient (Wildman–Crippen LogP) is 5.51. The third kappa shape index (κ3) is 6.30. The van der Waals surface area contributed by atoms with Crippen molar-refractivity contribution in [1.29, 1.82) is 0 Å². The van der Waals surface area contributed by atoms with Crippen molar-refractivity contribution in [3.8, 4) is 22.6 Å². The molecule has 3 rings (SSSR count). The third-order valence-electron chi connectivity index (χ3n) is 4.91. The summed E-state index contributed by atoms with van der Waals surface area (Å²) in [4.78, 5) is 14.6. The molecule has 160 valence electrons. The number of aryl methyl sites for hydroxylation is 2. The monoisotopic (exact) mass is 415 g/mol. The summed E-state index contributed by atoms with van der Waals surface area (Å²) in [5.41, 5.74) is 5.89. The maximum Gasteiger partial charge on any atom is 0.185 e. The van der Waals surface area contributed by atoms with E-state index in [-0.39, 0.29) is 11.5 Å². The summed E-state index contributed by atoms with van der Waals surface area (Å²) < 4.78 is 6.00. The zero-order valence-electron chi connectivity index (χ0n) is 18.6.